The Balaban J connectivity index is 1.34. The fraction of sp³-hybridized carbons (Fsp3) is 0.320. The SMILES string of the molecule is Cc1cccc(N2CCN(c3ccnc(SCC(=O)N(C)c4ccccc4)n3)CC2)c1C. The summed E-state index contributed by atoms with van der Waals surface area (Å²) in [5.41, 5.74) is 4.89. The highest BCUT2D eigenvalue weighted by molar-refractivity contribution is 7.99. The summed E-state index contributed by atoms with van der Waals surface area (Å²) >= 11 is 1.38. The molecular formula is C25H29N5OS. The molecular weight excluding hydrogens is 418 g/mol. The first-order valence-corrected chi connectivity index (χ1v) is 11.8. The highest BCUT2D eigenvalue weighted by atomic mass is 32.2. The van der Waals surface area contributed by atoms with Crippen LogP contribution in [0.1, 0.15) is 11.1 Å². The third-order valence-corrected chi connectivity index (χ3v) is 6.83. The molecule has 1 aliphatic heterocycles. The molecule has 0 atom stereocenters. The molecule has 2 aromatic carbocycles. The number of carbonyl (C=O) groups excluding carboxylic acids is 1. The monoisotopic (exact) mass is 447 g/mol. The van der Waals surface area contributed by atoms with Crippen LogP contribution in [0.15, 0.2) is 66.0 Å². The van der Waals surface area contributed by atoms with Crippen LogP contribution < -0.4 is 14.7 Å². The first kappa shape index (κ1) is 22.1. The lowest BCUT2D eigenvalue weighted by Gasteiger charge is -2.37. The van der Waals surface area contributed by atoms with Crippen molar-refractivity contribution in [1.29, 1.82) is 0 Å². The molecule has 32 heavy (non-hydrogen) atoms. The minimum atomic E-state index is 0.0253. The molecule has 1 aromatic heterocycles. The van der Waals surface area contributed by atoms with Gasteiger partial charge in [0, 0.05) is 50.8 Å². The molecule has 0 spiro atoms. The van der Waals surface area contributed by atoms with Crippen molar-refractivity contribution in [3.63, 3.8) is 0 Å². The topological polar surface area (TPSA) is 52.6 Å². The zero-order valence-corrected chi connectivity index (χ0v) is 19.7. The molecule has 2 heterocycles. The number of rotatable bonds is 6. The van der Waals surface area contributed by atoms with Crippen molar-refractivity contribution in [2.75, 3.05) is 53.7 Å². The molecule has 4 rings (SSSR count). The minimum Gasteiger partial charge on any atom is -0.368 e. The van der Waals surface area contributed by atoms with E-state index < -0.39 is 0 Å². The molecule has 7 heteroatoms. The van der Waals surface area contributed by atoms with Crippen molar-refractivity contribution in [2.24, 2.45) is 0 Å². The van der Waals surface area contributed by atoms with Gasteiger partial charge in [0.1, 0.15) is 5.82 Å². The summed E-state index contributed by atoms with van der Waals surface area (Å²) < 4.78 is 0. The third kappa shape index (κ3) is 5.05. The molecule has 0 bridgehead atoms. The minimum absolute atomic E-state index is 0.0253. The van der Waals surface area contributed by atoms with Crippen molar-refractivity contribution in [2.45, 2.75) is 19.0 Å². The largest absolute Gasteiger partial charge is 0.368 e. The third-order valence-electron chi connectivity index (χ3n) is 5.98. The molecule has 0 radical (unpaired) electrons. The van der Waals surface area contributed by atoms with Crippen molar-refractivity contribution in [1.82, 2.24) is 9.97 Å². The number of para-hydroxylation sites is 1. The molecule has 1 saturated heterocycles. The van der Waals surface area contributed by atoms with Gasteiger partial charge in [-0.3, -0.25) is 4.79 Å². The van der Waals surface area contributed by atoms with E-state index in [1.807, 2.05) is 36.4 Å². The van der Waals surface area contributed by atoms with Gasteiger partial charge in [0.05, 0.1) is 5.75 Å². The Morgan fingerprint density at radius 2 is 1.69 bits per heavy atom. The molecule has 0 saturated carbocycles. The standard InChI is InChI=1S/C25H29N5OS/c1-19-8-7-11-22(20(19)2)29-14-16-30(17-15-29)23-12-13-26-25(27-23)32-18-24(31)28(3)21-9-5-4-6-10-21/h4-13H,14-18H2,1-3H3. The Hall–Kier alpha value is -3.06. The van der Waals surface area contributed by atoms with Gasteiger partial charge in [0.25, 0.3) is 0 Å². The van der Waals surface area contributed by atoms with Crippen molar-refractivity contribution in [3.8, 4) is 0 Å². The maximum Gasteiger partial charge on any atom is 0.237 e. The lowest BCUT2D eigenvalue weighted by molar-refractivity contribution is -0.115. The Kier molecular flexibility index (Phi) is 6.95. The second-order valence-corrected chi connectivity index (χ2v) is 8.91. The van der Waals surface area contributed by atoms with Gasteiger partial charge in [-0.05, 0) is 49.2 Å². The van der Waals surface area contributed by atoms with E-state index in [0.29, 0.717) is 10.9 Å². The summed E-state index contributed by atoms with van der Waals surface area (Å²) in [4.78, 5) is 28.1. The van der Waals surface area contributed by atoms with E-state index in [2.05, 4.69) is 46.8 Å². The summed E-state index contributed by atoms with van der Waals surface area (Å²) in [5.74, 6) is 1.25. The second kappa shape index (κ2) is 10.0. The molecule has 1 aliphatic rings. The van der Waals surface area contributed by atoms with Gasteiger partial charge >= 0.3 is 0 Å². The summed E-state index contributed by atoms with van der Waals surface area (Å²) in [7, 11) is 1.80. The zero-order chi connectivity index (χ0) is 22.5. The number of anilines is 3. The molecule has 1 amide bonds. The molecule has 0 N–H and O–H groups in total. The number of piperazine rings is 1. The first-order valence-electron chi connectivity index (χ1n) is 10.9. The van der Waals surface area contributed by atoms with Crippen LogP contribution in [-0.4, -0.2) is 54.9 Å². The predicted molar refractivity (Wildman–Crippen MR) is 133 cm³/mol. The van der Waals surface area contributed by atoms with E-state index in [1.54, 1.807) is 18.1 Å². The van der Waals surface area contributed by atoms with Crippen LogP contribution in [0.3, 0.4) is 0 Å². The van der Waals surface area contributed by atoms with Crippen LogP contribution in [0.2, 0.25) is 0 Å². The maximum atomic E-state index is 12.6. The Labute approximate surface area is 194 Å². The molecule has 0 unspecified atom stereocenters. The van der Waals surface area contributed by atoms with E-state index in [1.165, 1.54) is 28.6 Å². The van der Waals surface area contributed by atoms with E-state index in [4.69, 9.17) is 4.98 Å². The smallest absolute Gasteiger partial charge is 0.237 e. The molecule has 166 valence electrons. The summed E-state index contributed by atoms with van der Waals surface area (Å²) in [6.07, 6.45) is 1.78. The Bertz CT molecular complexity index is 1070. The van der Waals surface area contributed by atoms with Gasteiger partial charge in [-0.15, -0.1) is 0 Å². The summed E-state index contributed by atoms with van der Waals surface area (Å²) in [5, 5.41) is 0.634. The van der Waals surface area contributed by atoms with Gasteiger partial charge in [0.2, 0.25) is 5.91 Å². The van der Waals surface area contributed by atoms with Gasteiger partial charge in [0.15, 0.2) is 5.16 Å². The normalized spacial score (nSPS) is 13.8. The maximum absolute atomic E-state index is 12.6. The number of amides is 1. The van der Waals surface area contributed by atoms with Crippen molar-refractivity contribution >= 4 is 34.9 Å². The number of benzene rings is 2. The lowest BCUT2D eigenvalue weighted by Crippen LogP contribution is -2.47. The van der Waals surface area contributed by atoms with E-state index in [-0.39, 0.29) is 5.91 Å². The molecule has 3 aromatic rings. The van der Waals surface area contributed by atoms with Gasteiger partial charge in [-0.2, -0.15) is 0 Å². The van der Waals surface area contributed by atoms with Gasteiger partial charge in [-0.1, -0.05) is 42.1 Å². The highest BCUT2D eigenvalue weighted by Gasteiger charge is 2.20. The zero-order valence-electron chi connectivity index (χ0n) is 18.9. The first-order chi connectivity index (χ1) is 15.5. The quantitative estimate of drug-likeness (QED) is 0.418. The Morgan fingerprint density at radius 1 is 0.969 bits per heavy atom. The van der Waals surface area contributed by atoms with Gasteiger partial charge < -0.3 is 14.7 Å². The highest BCUT2D eigenvalue weighted by Crippen LogP contribution is 2.25. The number of hydrogen-bond donors (Lipinski definition) is 0. The fourth-order valence-corrected chi connectivity index (χ4v) is 4.59. The van der Waals surface area contributed by atoms with Crippen LogP contribution in [0.5, 0.6) is 0 Å². The average molecular weight is 448 g/mol. The number of aromatic nitrogens is 2. The lowest BCUT2D eigenvalue weighted by atomic mass is 10.1. The number of nitrogens with zero attached hydrogens (tertiary/aromatic N) is 5. The Morgan fingerprint density at radius 3 is 2.44 bits per heavy atom. The molecule has 0 aliphatic carbocycles. The van der Waals surface area contributed by atoms with E-state index in [0.717, 1.165) is 37.7 Å². The molecule has 6 nitrogen and oxygen atoms in total. The second-order valence-electron chi connectivity index (χ2n) is 7.97. The van der Waals surface area contributed by atoms with Crippen LogP contribution >= 0.6 is 11.8 Å². The van der Waals surface area contributed by atoms with E-state index >= 15 is 0 Å². The van der Waals surface area contributed by atoms with Crippen LogP contribution in [-0.2, 0) is 4.79 Å². The average Bonchev–Trinajstić information content (AvgIpc) is 2.84. The number of aryl methyl sites for hydroxylation is 1. The summed E-state index contributed by atoms with van der Waals surface area (Å²) in [6.45, 7) is 8.08. The van der Waals surface area contributed by atoms with Crippen LogP contribution in [0.4, 0.5) is 17.2 Å². The number of hydrogen-bond acceptors (Lipinski definition) is 6. The number of thioether (sulfide) groups is 1. The fourth-order valence-electron chi connectivity index (χ4n) is 3.85. The predicted octanol–water partition coefficient (Wildman–Crippen LogP) is 4.18. The molecule has 1 fully saturated rings. The van der Waals surface area contributed by atoms with Crippen molar-refractivity contribution in [3.05, 3.63) is 71.9 Å². The summed E-state index contributed by atoms with van der Waals surface area (Å²) in [6, 6.07) is 18.1. The van der Waals surface area contributed by atoms with E-state index in [9.17, 15) is 4.79 Å². The van der Waals surface area contributed by atoms with Crippen molar-refractivity contribution < 1.29 is 4.79 Å². The number of carbonyl (C=O) groups is 1. The van der Waals surface area contributed by atoms with Crippen LogP contribution in [0.25, 0.3) is 0 Å². The van der Waals surface area contributed by atoms with Gasteiger partial charge in [-0.25, -0.2) is 9.97 Å². The van der Waals surface area contributed by atoms with Crippen LogP contribution in [0, 0.1) is 13.8 Å².